The van der Waals surface area contributed by atoms with Crippen molar-refractivity contribution in [3.8, 4) is 5.75 Å². The van der Waals surface area contributed by atoms with Crippen LogP contribution < -0.4 is 10.1 Å². The highest BCUT2D eigenvalue weighted by Gasteiger charge is 2.32. The Morgan fingerprint density at radius 1 is 0.974 bits per heavy atom. The first-order valence-corrected chi connectivity index (χ1v) is 12.5. The number of fused-ring (bicyclic) bond motifs is 3. The number of hydrogen-bond acceptors (Lipinski definition) is 10. The number of carbonyl (C=O) groups is 3. The maximum Gasteiger partial charge on any atom is 0.356 e. The number of nitrogens with one attached hydrogen (secondary N) is 1. The van der Waals surface area contributed by atoms with Crippen molar-refractivity contribution in [2.75, 3.05) is 28.4 Å². The van der Waals surface area contributed by atoms with Gasteiger partial charge in [0.05, 0.1) is 34.0 Å². The molecule has 0 aliphatic rings. The molecule has 0 radical (unpaired) electrons. The smallest absolute Gasteiger partial charge is 0.356 e. The highest BCUT2D eigenvalue weighted by Crippen LogP contribution is 2.31. The third-order valence-electron chi connectivity index (χ3n) is 6.52. The highest BCUT2D eigenvalue weighted by atomic mass is 16.5. The van der Waals surface area contributed by atoms with Crippen LogP contribution in [0.5, 0.6) is 5.75 Å². The maximum atomic E-state index is 12.5. The van der Waals surface area contributed by atoms with Crippen LogP contribution in [0.1, 0.15) is 55.7 Å². The lowest BCUT2D eigenvalue weighted by Gasteiger charge is -2.34. The molecule has 1 N–H and O–H groups in total. The Morgan fingerprint density at radius 3 is 2.34 bits per heavy atom. The van der Waals surface area contributed by atoms with E-state index in [-0.39, 0.29) is 18.5 Å². The van der Waals surface area contributed by atoms with Gasteiger partial charge in [-0.2, -0.15) is 0 Å². The van der Waals surface area contributed by atoms with Gasteiger partial charge in [0.1, 0.15) is 17.3 Å². The predicted octanol–water partition coefficient (Wildman–Crippen LogP) is 3.76. The molecular formula is C28H35N3O7. The van der Waals surface area contributed by atoms with Crippen LogP contribution in [-0.4, -0.2) is 67.9 Å². The predicted molar refractivity (Wildman–Crippen MR) is 142 cm³/mol. The van der Waals surface area contributed by atoms with E-state index >= 15 is 0 Å². The fraction of sp³-hybridized carbons (Fsp3) is 0.464. The van der Waals surface area contributed by atoms with Crippen molar-refractivity contribution in [1.29, 1.82) is 0 Å². The summed E-state index contributed by atoms with van der Waals surface area (Å²) in [7, 11) is 5.47. The Morgan fingerprint density at radius 2 is 1.71 bits per heavy atom. The number of benzene rings is 1. The van der Waals surface area contributed by atoms with Gasteiger partial charge in [-0.3, -0.25) is 19.9 Å². The summed E-state index contributed by atoms with van der Waals surface area (Å²) < 4.78 is 20.1. The van der Waals surface area contributed by atoms with Gasteiger partial charge in [0.25, 0.3) is 0 Å². The number of esters is 3. The van der Waals surface area contributed by atoms with E-state index in [0.29, 0.717) is 23.2 Å². The molecule has 1 aromatic carbocycles. The first kappa shape index (κ1) is 28.8. The monoisotopic (exact) mass is 525 g/mol. The Bertz CT molecular complexity index is 1330. The standard InChI is InChI=1S/C28H35N3O7/c1-7-14-28(2,31-20(26(33)37-5)12-13-23(32)36-4)16-18-10-8-17-9-11-19-22(35-3)15-21(27(34)38-6)30-25(19)24(17)29-18/h8-11,15,20,31H,7,12-14,16H2,1-6H3. The zero-order valence-corrected chi connectivity index (χ0v) is 22.8. The normalized spacial score (nSPS) is 13.5. The molecule has 0 bridgehead atoms. The molecule has 0 saturated heterocycles. The molecule has 2 unspecified atom stereocenters. The lowest BCUT2D eigenvalue weighted by molar-refractivity contribution is -0.145. The second-order valence-electron chi connectivity index (χ2n) is 9.36. The summed E-state index contributed by atoms with van der Waals surface area (Å²) in [5.41, 5.74) is 1.52. The molecule has 0 aliphatic carbocycles. The van der Waals surface area contributed by atoms with Crippen LogP contribution in [0.25, 0.3) is 21.8 Å². The summed E-state index contributed by atoms with van der Waals surface area (Å²) >= 11 is 0. The van der Waals surface area contributed by atoms with Gasteiger partial charge in [-0.15, -0.1) is 0 Å². The lowest BCUT2D eigenvalue weighted by atomic mass is 9.88. The molecule has 0 spiro atoms. The number of pyridine rings is 2. The van der Waals surface area contributed by atoms with Crippen LogP contribution in [0, 0.1) is 0 Å². The van der Waals surface area contributed by atoms with Crippen molar-refractivity contribution in [2.45, 2.75) is 57.5 Å². The van der Waals surface area contributed by atoms with E-state index in [4.69, 9.17) is 23.9 Å². The van der Waals surface area contributed by atoms with Gasteiger partial charge in [-0.1, -0.05) is 25.5 Å². The number of ether oxygens (including phenoxy) is 4. The molecule has 0 amide bonds. The average molecular weight is 526 g/mol. The van der Waals surface area contributed by atoms with Crippen LogP contribution in [0.4, 0.5) is 0 Å². The molecule has 0 aliphatic heterocycles. The fourth-order valence-electron chi connectivity index (χ4n) is 4.70. The molecule has 0 saturated carbocycles. The Hall–Kier alpha value is -3.79. The van der Waals surface area contributed by atoms with Gasteiger partial charge in [-0.05, 0) is 31.9 Å². The summed E-state index contributed by atoms with van der Waals surface area (Å²) in [6, 6.07) is 8.57. The molecule has 10 heteroatoms. The third kappa shape index (κ3) is 6.55. The zero-order chi connectivity index (χ0) is 27.9. The van der Waals surface area contributed by atoms with Crippen LogP contribution in [0.2, 0.25) is 0 Å². The molecule has 2 aromatic heterocycles. The van der Waals surface area contributed by atoms with Crippen molar-refractivity contribution in [3.63, 3.8) is 0 Å². The summed E-state index contributed by atoms with van der Waals surface area (Å²) in [6.45, 7) is 4.09. The average Bonchev–Trinajstić information content (AvgIpc) is 2.93. The zero-order valence-electron chi connectivity index (χ0n) is 22.8. The lowest BCUT2D eigenvalue weighted by Crippen LogP contribution is -2.53. The summed E-state index contributed by atoms with van der Waals surface area (Å²) in [5.74, 6) is -0.914. The van der Waals surface area contributed by atoms with E-state index in [0.717, 1.165) is 29.3 Å². The largest absolute Gasteiger partial charge is 0.496 e. The maximum absolute atomic E-state index is 12.5. The number of methoxy groups -OCH3 is 4. The van der Waals surface area contributed by atoms with Gasteiger partial charge in [0.15, 0.2) is 5.69 Å². The molecule has 3 rings (SSSR count). The first-order chi connectivity index (χ1) is 18.2. The van der Waals surface area contributed by atoms with Gasteiger partial charge in [-0.25, -0.2) is 9.78 Å². The van der Waals surface area contributed by atoms with Crippen molar-refractivity contribution in [1.82, 2.24) is 15.3 Å². The van der Waals surface area contributed by atoms with E-state index < -0.39 is 29.5 Å². The molecule has 38 heavy (non-hydrogen) atoms. The minimum Gasteiger partial charge on any atom is -0.496 e. The topological polar surface area (TPSA) is 126 Å². The van der Waals surface area contributed by atoms with Crippen LogP contribution in [0.15, 0.2) is 30.3 Å². The van der Waals surface area contributed by atoms with Crippen molar-refractivity contribution >= 4 is 39.7 Å². The molecule has 204 valence electrons. The van der Waals surface area contributed by atoms with E-state index in [9.17, 15) is 14.4 Å². The van der Waals surface area contributed by atoms with Crippen LogP contribution >= 0.6 is 0 Å². The summed E-state index contributed by atoms with van der Waals surface area (Å²) in [6.07, 6.45) is 2.42. The van der Waals surface area contributed by atoms with Crippen molar-refractivity contribution in [2.24, 2.45) is 0 Å². The Labute approximate surface area is 222 Å². The molecular weight excluding hydrogens is 490 g/mol. The quantitative estimate of drug-likeness (QED) is 0.212. The Balaban J connectivity index is 2.03. The minimum absolute atomic E-state index is 0.0850. The van der Waals surface area contributed by atoms with E-state index in [2.05, 4.69) is 17.2 Å². The number of nitrogens with zero attached hydrogens (tertiary/aromatic N) is 2. The van der Waals surface area contributed by atoms with Gasteiger partial charge in [0, 0.05) is 40.9 Å². The number of aromatic nitrogens is 2. The molecule has 10 nitrogen and oxygen atoms in total. The van der Waals surface area contributed by atoms with E-state index in [1.54, 1.807) is 6.07 Å². The van der Waals surface area contributed by atoms with Gasteiger partial charge >= 0.3 is 17.9 Å². The molecule has 0 fully saturated rings. The molecule has 2 heterocycles. The van der Waals surface area contributed by atoms with Crippen LogP contribution in [-0.2, 0) is 30.2 Å². The van der Waals surface area contributed by atoms with Crippen molar-refractivity contribution < 1.29 is 33.3 Å². The van der Waals surface area contributed by atoms with Crippen molar-refractivity contribution in [3.05, 3.63) is 41.7 Å². The van der Waals surface area contributed by atoms with Gasteiger partial charge in [0.2, 0.25) is 0 Å². The second kappa shape index (κ2) is 12.6. The van der Waals surface area contributed by atoms with Gasteiger partial charge < -0.3 is 18.9 Å². The fourth-order valence-corrected chi connectivity index (χ4v) is 4.70. The number of hydrogen-bond donors (Lipinski definition) is 1. The first-order valence-electron chi connectivity index (χ1n) is 12.5. The summed E-state index contributed by atoms with van der Waals surface area (Å²) in [5, 5.41) is 5.00. The van der Waals surface area contributed by atoms with E-state index in [1.807, 2.05) is 31.2 Å². The second-order valence-corrected chi connectivity index (χ2v) is 9.36. The minimum atomic E-state index is -0.689. The molecule has 2 atom stereocenters. The highest BCUT2D eigenvalue weighted by molar-refractivity contribution is 6.06. The Kier molecular flexibility index (Phi) is 9.57. The SMILES string of the molecule is CCCC(C)(Cc1ccc2ccc3c(OC)cc(C(=O)OC)nc3c2n1)NC(CCC(=O)OC)C(=O)OC. The third-order valence-corrected chi connectivity index (χ3v) is 6.52. The number of carbonyl (C=O) groups excluding carboxylic acids is 3. The van der Waals surface area contributed by atoms with E-state index in [1.165, 1.54) is 28.4 Å². The molecule has 3 aromatic rings. The van der Waals surface area contributed by atoms with Crippen LogP contribution in [0.3, 0.4) is 0 Å². The summed E-state index contributed by atoms with van der Waals surface area (Å²) in [4.78, 5) is 46.0. The number of rotatable bonds is 12.